The van der Waals surface area contributed by atoms with Crippen LogP contribution in [-0.4, -0.2) is 11.6 Å². The molecule has 1 aliphatic rings. The van der Waals surface area contributed by atoms with E-state index in [2.05, 4.69) is 12.1 Å². The first-order valence-electron chi connectivity index (χ1n) is 10.6. The highest BCUT2D eigenvalue weighted by atomic mass is 35.5. The van der Waals surface area contributed by atoms with Gasteiger partial charge in [-0.15, -0.1) is 0 Å². The highest BCUT2D eigenvalue weighted by molar-refractivity contribution is 6.30. The van der Waals surface area contributed by atoms with Crippen molar-refractivity contribution >= 4 is 34.6 Å². The summed E-state index contributed by atoms with van der Waals surface area (Å²) < 4.78 is 0. The van der Waals surface area contributed by atoms with Crippen LogP contribution in [0.15, 0.2) is 114 Å². The molecule has 4 aromatic carbocycles. The molecule has 1 amide bonds. The number of hydrogen-bond acceptors (Lipinski definition) is 2. The summed E-state index contributed by atoms with van der Waals surface area (Å²) in [5, 5.41) is 0.684. The van der Waals surface area contributed by atoms with Crippen molar-refractivity contribution in [1.29, 1.82) is 0 Å². The quantitative estimate of drug-likeness (QED) is 0.333. The highest BCUT2D eigenvalue weighted by Crippen LogP contribution is 2.41. The molecule has 0 bridgehead atoms. The van der Waals surface area contributed by atoms with E-state index in [4.69, 9.17) is 16.6 Å². The number of halogens is 1. The summed E-state index contributed by atoms with van der Waals surface area (Å²) in [6.07, 6.45) is 0.582. The molecule has 0 fully saturated rings. The molecule has 0 aliphatic carbocycles. The Kier molecular flexibility index (Phi) is 5.57. The summed E-state index contributed by atoms with van der Waals surface area (Å²) in [7, 11) is 0. The molecular weight excluding hydrogens is 416 g/mol. The molecule has 0 N–H and O–H groups in total. The van der Waals surface area contributed by atoms with E-state index in [-0.39, 0.29) is 11.9 Å². The number of fused-ring (bicyclic) bond motifs is 1. The van der Waals surface area contributed by atoms with Gasteiger partial charge in [0.05, 0.1) is 23.1 Å². The number of carbonyl (C=O) groups excluding carboxylic acids is 1. The zero-order valence-corrected chi connectivity index (χ0v) is 18.1. The number of para-hydroxylation sites is 2. The Labute approximate surface area is 192 Å². The van der Waals surface area contributed by atoms with Crippen molar-refractivity contribution < 1.29 is 4.79 Å². The largest absolute Gasteiger partial charge is 0.298 e. The topological polar surface area (TPSA) is 32.7 Å². The van der Waals surface area contributed by atoms with Crippen LogP contribution < -0.4 is 4.90 Å². The molecule has 0 aromatic heterocycles. The molecular formula is C28H21ClN2O. The van der Waals surface area contributed by atoms with Crippen LogP contribution in [0, 0.1) is 0 Å². The first-order valence-corrected chi connectivity index (χ1v) is 10.9. The predicted octanol–water partition coefficient (Wildman–Crippen LogP) is 7.25. The number of aliphatic imine (C=N–C) groups is 1. The van der Waals surface area contributed by atoms with Gasteiger partial charge in [-0.25, -0.2) is 0 Å². The molecule has 156 valence electrons. The average Bonchev–Trinajstić information content (AvgIpc) is 3.02. The molecule has 1 atom stereocenters. The van der Waals surface area contributed by atoms with Gasteiger partial charge in [-0.3, -0.25) is 14.7 Å². The van der Waals surface area contributed by atoms with Gasteiger partial charge in [-0.2, -0.15) is 0 Å². The van der Waals surface area contributed by atoms with Crippen LogP contribution >= 0.6 is 11.6 Å². The van der Waals surface area contributed by atoms with Crippen molar-refractivity contribution in [3.8, 4) is 0 Å². The molecule has 0 spiro atoms. The van der Waals surface area contributed by atoms with Gasteiger partial charge in [0.25, 0.3) is 5.91 Å². The van der Waals surface area contributed by atoms with Gasteiger partial charge in [0.15, 0.2) is 0 Å². The zero-order valence-electron chi connectivity index (χ0n) is 17.4. The number of rotatable bonds is 3. The average molecular weight is 437 g/mol. The number of anilines is 1. The van der Waals surface area contributed by atoms with E-state index in [0.717, 1.165) is 28.2 Å². The third-order valence-electron chi connectivity index (χ3n) is 5.70. The molecule has 0 unspecified atom stereocenters. The molecule has 1 heterocycles. The molecule has 0 radical (unpaired) electrons. The van der Waals surface area contributed by atoms with Crippen LogP contribution in [0.5, 0.6) is 0 Å². The second-order valence-electron chi connectivity index (χ2n) is 7.73. The third kappa shape index (κ3) is 3.95. The van der Waals surface area contributed by atoms with E-state index >= 15 is 0 Å². The Morgan fingerprint density at radius 2 is 1.41 bits per heavy atom. The smallest absolute Gasteiger partial charge is 0.258 e. The highest BCUT2D eigenvalue weighted by Gasteiger charge is 2.32. The third-order valence-corrected chi connectivity index (χ3v) is 5.95. The van der Waals surface area contributed by atoms with Gasteiger partial charge in [0, 0.05) is 17.0 Å². The Hall–Kier alpha value is -3.69. The van der Waals surface area contributed by atoms with Crippen LogP contribution in [-0.2, 0) is 0 Å². The Balaban J connectivity index is 1.69. The number of nitrogens with zero attached hydrogens (tertiary/aromatic N) is 2. The number of benzene rings is 4. The minimum absolute atomic E-state index is 0.0422. The summed E-state index contributed by atoms with van der Waals surface area (Å²) in [6, 6.07) is 34.9. The Morgan fingerprint density at radius 1 is 0.781 bits per heavy atom. The lowest BCUT2D eigenvalue weighted by molar-refractivity contribution is 0.0977. The molecule has 32 heavy (non-hydrogen) atoms. The minimum atomic E-state index is -0.206. The van der Waals surface area contributed by atoms with Gasteiger partial charge in [0.1, 0.15) is 0 Å². The second-order valence-corrected chi connectivity index (χ2v) is 8.16. The van der Waals surface area contributed by atoms with E-state index in [9.17, 15) is 4.79 Å². The molecule has 4 aromatic rings. The van der Waals surface area contributed by atoms with Gasteiger partial charge in [0.2, 0.25) is 0 Å². The van der Waals surface area contributed by atoms with Crippen LogP contribution in [0.3, 0.4) is 0 Å². The standard InChI is InChI=1S/C28H21ClN2O/c29-23-17-15-20(16-18-23)25-19-27(21-9-3-1-4-10-21)31(26-14-8-7-13-24(26)30-25)28(32)22-11-5-2-6-12-22/h1-18,27H,19H2/t27-/m1/s1. The van der Waals surface area contributed by atoms with Crippen molar-refractivity contribution in [3.05, 3.63) is 131 Å². The van der Waals surface area contributed by atoms with Crippen molar-refractivity contribution in [1.82, 2.24) is 0 Å². The van der Waals surface area contributed by atoms with Crippen LogP contribution in [0.25, 0.3) is 0 Å². The van der Waals surface area contributed by atoms with E-state index in [1.54, 1.807) is 0 Å². The molecule has 5 rings (SSSR count). The van der Waals surface area contributed by atoms with Crippen molar-refractivity contribution in [2.75, 3.05) is 4.90 Å². The molecule has 0 saturated heterocycles. The van der Waals surface area contributed by atoms with Crippen molar-refractivity contribution in [2.24, 2.45) is 4.99 Å². The summed E-state index contributed by atoms with van der Waals surface area (Å²) in [5.41, 5.74) is 5.22. The summed E-state index contributed by atoms with van der Waals surface area (Å²) in [6.45, 7) is 0. The Bertz CT molecular complexity index is 1270. The predicted molar refractivity (Wildman–Crippen MR) is 131 cm³/mol. The molecule has 0 saturated carbocycles. The number of amides is 1. The fourth-order valence-corrected chi connectivity index (χ4v) is 4.26. The summed E-state index contributed by atoms with van der Waals surface area (Å²) in [4.78, 5) is 20.8. The van der Waals surface area contributed by atoms with Crippen LogP contribution in [0.1, 0.15) is 33.9 Å². The lowest BCUT2D eigenvalue weighted by atomic mass is 9.95. The van der Waals surface area contributed by atoms with Crippen molar-refractivity contribution in [3.63, 3.8) is 0 Å². The van der Waals surface area contributed by atoms with Gasteiger partial charge >= 0.3 is 0 Å². The van der Waals surface area contributed by atoms with E-state index in [0.29, 0.717) is 17.0 Å². The maximum Gasteiger partial charge on any atom is 0.258 e. The number of carbonyl (C=O) groups is 1. The van der Waals surface area contributed by atoms with E-state index in [1.165, 1.54) is 0 Å². The fraction of sp³-hybridized carbons (Fsp3) is 0.0714. The van der Waals surface area contributed by atoms with E-state index in [1.807, 2.05) is 102 Å². The van der Waals surface area contributed by atoms with Crippen molar-refractivity contribution in [2.45, 2.75) is 12.5 Å². The lowest BCUT2D eigenvalue weighted by Crippen LogP contribution is -2.35. The van der Waals surface area contributed by atoms with E-state index < -0.39 is 0 Å². The fourth-order valence-electron chi connectivity index (χ4n) is 4.13. The van der Waals surface area contributed by atoms with Crippen LogP contribution in [0.2, 0.25) is 5.02 Å². The number of hydrogen-bond donors (Lipinski definition) is 0. The first kappa shape index (κ1) is 20.2. The first-order chi connectivity index (χ1) is 15.7. The molecule has 1 aliphatic heterocycles. The zero-order chi connectivity index (χ0) is 21.9. The maximum absolute atomic E-state index is 13.8. The van der Waals surface area contributed by atoms with Gasteiger partial charge in [-0.1, -0.05) is 84.4 Å². The maximum atomic E-state index is 13.8. The summed E-state index contributed by atoms with van der Waals surface area (Å²) in [5.74, 6) is -0.0422. The molecule has 3 nitrogen and oxygen atoms in total. The second kappa shape index (κ2) is 8.81. The van der Waals surface area contributed by atoms with Gasteiger partial charge < -0.3 is 0 Å². The molecule has 4 heteroatoms. The lowest BCUT2D eigenvalue weighted by Gasteiger charge is -2.32. The minimum Gasteiger partial charge on any atom is -0.298 e. The Morgan fingerprint density at radius 3 is 2.12 bits per heavy atom. The van der Waals surface area contributed by atoms with Crippen LogP contribution in [0.4, 0.5) is 11.4 Å². The normalized spacial score (nSPS) is 15.5. The summed E-state index contributed by atoms with van der Waals surface area (Å²) >= 11 is 6.13. The monoisotopic (exact) mass is 436 g/mol. The van der Waals surface area contributed by atoms with Gasteiger partial charge in [-0.05, 0) is 47.5 Å². The SMILES string of the molecule is O=C(c1ccccc1)N1c2ccccc2N=C(c2ccc(Cl)cc2)C[C@@H]1c1ccccc1.